The average molecular weight is 281 g/mol. The first kappa shape index (κ1) is 16.4. The average Bonchev–Trinajstić information content (AvgIpc) is 2.38. The molecule has 1 amide bonds. The zero-order chi connectivity index (χ0) is 15.1. The predicted octanol–water partition coefficient (Wildman–Crippen LogP) is 0.550. The number of aromatic amines is 1. The molecule has 1 rings (SSSR count). The van der Waals surface area contributed by atoms with E-state index in [1.807, 2.05) is 0 Å². The summed E-state index contributed by atoms with van der Waals surface area (Å²) in [5.41, 5.74) is 1.62. The molecule has 0 saturated heterocycles. The third kappa shape index (κ3) is 4.45. The van der Waals surface area contributed by atoms with E-state index >= 15 is 0 Å². The maximum Gasteiger partial charge on any atom is 0.345 e. The summed E-state index contributed by atoms with van der Waals surface area (Å²) in [6, 6.07) is 0. The second kappa shape index (κ2) is 7.79. The lowest BCUT2D eigenvalue weighted by atomic mass is 10.1. The minimum Gasteiger partial charge on any atom is -0.395 e. The molecule has 1 aromatic rings. The van der Waals surface area contributed by atoms with Gasteiger partial charge in [0.25, 0.3) is 0 Å². The minimum absolute atomic E-state index is 0.0444. The number of unbranched alkanes of at least 4 members (excludes halogenated alkanes) is 1. The zero-order valence-electron chi connectivity index (χ0n) is 12.4. The van der Waals surface area contributed by atoms with Crippen molar-refractivity contribution >= 4 is 5.91 Å². The fourth-order valence-electron chi connectivity index (χ4n) is 2.11. The second-order valence-electron chi connectivity index (χ2n) is 4.87. The number of nitrogens with one attached hydrogen (secondary N) is 1. The van der Waals surface area contributed by atoms with E-state index in [4.69, 9.17) is 5.11 Å². The highest BCUT2D eigenvalue weighted by Gasteiger charge is 2.16. The van der Waals surface area contributed by atoms with E-state index in [0.717, 1.165) is 18.4 Å². The number of aliphatic hydroxyl groups is 1. The first-order valence-corrected chi connectivity index (χ1v) is 6.94. The molecule has 2 N–H and O–H groups in total. The van der Waals surface area contributed by atoms with E-state index in [1.54, 1.807) is 18.7 Å². The molecule has 0 aromatic carbocycles. The van der Waals surface area contributed by atoms with Crippen molar-refractivity contribution in [3.05, 3.63) is 27.4 Å². The number of nitrogens with zero attached hydrogens (tertiary/aromatic N) is 2. The van der Waals surface area contributed by atoms with E-state index in [1.165, 1.54) is 0 Å². The van der Waals surface area contributed by atoms with Crippen LogP contribution in [0.15, 0.2) is 4.79 Å². The maximum absolute atomic E-state index is 12.3. The third-order valence-electron chi connectivity index (χ3n) is 3.29. The molecule has 0 saturated carbocycles. The van der Waals surface area contributed by atoms with Gasteiger partial charge in [0, 0.05) is 30.0 Å². The Morgan fingerprint density at radius 2 is 2.05 bits per heavy atom. The Morgan fingerprint density at radius 3 is 2.60 bits per heavy atom. The minimum atomic E-state index is -0.394. The van der Waals surface area contributed by atoms with Gasteiger partial charge in [-0.2, -0.15) is 4.98 Å². The molecule has 1 aromatic heterocycles. The molecule has 0 aliphatic heterocycles. The number of aryl methyl sites for hydroxylation is 2. The number of aliphatic hydroxyl groups excluding tert-OH is 1. The molecule has 0 atom stereocenters. The molecule has 0 aliphatic rings. The fourth-order valence-corrected chi connectivity index (χ4v) is 2.11. The van der Waals surface area contributed by atoms with Gasteiger partial charge >= 0.3 is 5.69 Å². The second-order valence-corrected chi connectivity index (χ2v) is 4.87. The van der Waals surface area contributed by atoms with Crippen LogP contribution < -0.4 is 5.69 Å². The van der Waals surface area contributed by atoms with Crippen molar-refractivity contribution in [1.29, 1.82) is 0 Å². The van der Waals surface area contributed by atoms with E-state index in [-0.39, 0.29) is 18.9 Å². The Hall–Kier alpha value is -1.69. The lowest BCUT2D eigenvalue weighted by molar-refractivity contribution is -0.131. The number of H-pyrrole nitrogens is 1. The molecular weight excluding hydrogens is 258 g/mol. The number of hydrogen-bond donors (Lipinski definition) is 2. The molecule has 6 heteroatoms. The van der Waals surface area contributed by atoms with Crippen LogP contribution in [0.1, 0.15) is 36.7 Å². The van der Waals surface area contributed by atoms with Crippen molar-refractivity contribution < 1.29 is 9.90 Å². The van der Waals surface area contributed by atoms with Crippen LogP contribution in [0.25, 0.3) is 0 Å². The van der Waals surface area contributed by atoms with Crippen molar-refractivity contribution in [3.63, 3.8) is 0 Å². The Kier molecular flexibility index (Phi) is 6.38. The summed E-state index contributed by atoms with van der Waals surface area (Å²) < 4.78 is 0. The van der Waals surface area contributed by atoms with Crippen LogP contribution in [0.2, 0.25) is 0 Å². The predicted molar refractivity (Wildman–Crippen MR) is 76.6 cm³/mol. The number of aromatic nitrogens is 2. The van der Waals surface area contributed by atoms with Crippen molar-refractivity contribution in [2.75, 3.05) is 19.7 Å². The van der Waals surface area contributed by atoms with Crippen LogP contribution >= 0.6 is 0 Å². The van der Waals surface area contributed by atoms with E-state index in [0.29, 0.717) is 24.5 Å². The molecule has 20 heavy (non-hydrogen) atoms. The van der Waals surface area contributed by atoms with Gasteiger partial charge < -0.3 is 15.0 Å². The van der Waals surface area contributed by atoms with Crippen LogP contribution in [0.4, 0.5) is 0 Å². The third-order valence-corrected chi connectivity index (χ3v) is 3.29. The van der Waals surface area contributed by atoms with E-state index < -0.39 is 5.69 Å². The summed E-state index contributed by atoms with van der Waals surface area (Å²) in [6.07, 6.45) is 2.10. The topological polar surface area (TPSA) is 86.3 Å². The highest BCUT2D eigenvalue weighted by Crippen LogP contribution is 2.10. The van der Waals surface area contributed by atoms with Gasteiger partial charge in [-0.15, -0.1) is 0 Å². The number of amides is 1. The van der Waals surface area contributed by atoms with Crippen LogP contribution in [-0.2, 0) is 11.2 Å². The van der Waals surface area contributed by atoms with Gasteiger partial charge in [-0.1, -0.05) is 13.3 Å². The summed E-state index contributed by atoms with van der Waals surface area (Å²) >= 11 is 0. The molecule has 0 radical (unpaired) electrons. The van der Waals surface area contributed by atoms with Crippen molar-refractivity contribution in [2.45, 2.75) is 40.0 Å². The molecule has 6 nitrogen and oxygen atoms in total. The van der Waals surface area contributed by atoms with Crippen molar-refractivity contribution in [3.8, 4) is 0 Å². The maximum atomic E-state index is 12.3. The smallest absolute Gasteiger partial charge is 0.345 e. The van der Waals surface area contributed by atoms with Crippen molar-refractivity contribution in [2.24, 2.45) is 0 Å². The number of carbonyl (C=O) groups excluding carboxylic acids is 1. The summed E-state index contributed by atoms with van der Waals surface area (Å²) in [6.45, 7) is 6.49. The molecule has 1 heterocycles. The highest BCUT2D eigenvalue weighted by molar-refractivity contribution is 5.79. The standard InChI is InChI=1S/C14H23N3O3/c1-4-5-6-17(7-8-18)13(19)9-12-10(2)15-14(20)16-11(12)3/h18H,4-9H2,1-3H3,(H,15,16,20). The molecule has 0 aliphatic carbocycles. The quantitative estimate of drug-likeness (QED) is 0.764. The van der Waals surface area contributed by atoms with E-state index in [2.05, 4.69) is 16.9 Å². The Bertz CT molecular complexity index is 485. The molecule has 0 unspecified atom stereocenters. The fraction of sp³-hybridized carbons (Fsp3) is 0.643. The lowest BCUT2D eigenvalue weighted by Gasteiger charge is -2.22. The van der Waals surface area contributed by atoms with Crippen LogP contribution in [0, 0.1) is 13.8 Å². The van der Waals surface area contributed by atoms with Gasteiger partial charge in [0.05, 0.1) is 13.0 Å². The Balaban J connectivity index is 2.85. The highest BCUT2D eigenvalue weighted by atomic mass is 16.3. The van der Waals surface area contributed by atoms with Crippen LogP contribution in [-0.4, -0.2) is 45.6 Å². The molecule has 0 bridgehead atoms. The normalized spacial score (nSPS) is 10.6. The van der Waals surface area contributed by atoms with Gasteiger partial charge in [0.15, 0.2) is 0 Å². The van der Waals surface area contributed by atoms with Gasteiger partial charge in [-0.05, 0) is 20.3 Å². The van der Waals surface area contributed by atoms with Crippen LogP contribution in [0.5, 0.6) is 0 Å². The SMILES string of the molecule is CCCCN(CCO)C(=O)Cc1c(C)nc(=O)[nH]c1C. The van der Waals surface area contributed by atoms with Gasteiger partial charge in [0.1, 0.15) is 0 Å². The lowest BCUT2D eigenvalue weighted by Crippen LogP contribution is -2.36. The van der Waals surface area contributed by atoms with Crippen LogP contribution in [0.3, 0.4) is 0 Å². The summed E-state index contributed by atoms with van der Waals surface area (Å²) in [7, 11) is 0. The monoisotopic (exact) mass is 281 g/mol. The molecule has 0 spiro atoms. The molecular formula is C14H23N3O3. The first-order valence-electron chi connectivity index (χ1n) is 6.94. The summed E-state index contributed by atoms with van der Waals surface area (Å²) in [5.74, 6) is -0.0486. The number of rotatable bonds is 7. The van der Waals surface area contributed by atoms with Gasteiger partial charge in [0.2, 0.25) is 5.91 Å². The Morgan fingerprint density at radius 1 is 1.35 bits per heavy atom. The van der Waals surface area contributed by atoms with E-state index in [9.17, 15) is 9.59 Å². The van der Waals surface area contributed by atoms with Gasteiger partial charge in [-0.3, -0.25) is 4.79 Å². The number of carbonyl (C=O) groups is 1. The summed E-state index contributed by atoms with van der Waals surface area (Å²) in [4.78, 5) is 31.6. The summed E-state index contributed by atoms with van der Waals surface area (Å²) in [5, 5.41) is 9.04. The zero-order valence-corrected chi connectivity index (χ0v) is 12.4. The van der Waals surface area contributed by atoms with Gasteiger partial charge in [-0.25, -0.2) is 4.79 Å². The van der Waals surface area contributed by atoms with Crippen molar-refractivity contribution in [1.82, 2.24) is 14.9 Å². The number of hydrogen-bond acceptors (Lipinski definition) is 4. The molecule has 0 fully saturated rings. The first-order chi connectivity index (χ1) is 9.49. The Labute approximate surface area is 118 Å². The largest absolute Gasteiger partial charge is 0.395 e. The molecule has 112 valence electrons.